The molecule has 0 bridgehead atoms. The molecule has 0 fully saturated rings. The molecule has 0 saturated carbocycles. The van der Waals surface area contributed by atoms with E-state index in [1.165, 1.54) is 16.7 Å². The molecule has 5 heteroatoms. The highest BCUT2D eigenvalue weighted by atomic mass is 32.2. The summed E-state index contributed by atoms with van der Waals surface area (Å²) in [7, 11) is 0. The molecule has 19 heavy (non-hydrogen) atoms. The molecule has 0 aliphatic heterocycles. The molecule has 0 aliphatic rings. The predicted molar refractivity (Wildman–Crippen MR) is 77.7 cm³/mol. The van der Waals surface area contributed by atoms with Gasteiger partial charge in [0.25, 0.3) is 0 Å². The van der Waals surface area contributed by atoms with Gasteiger partial charge in [-0.25, -0.2) is 4.79 Å². The second-order valence-corrected chi connectivity index (χ2v) is 5.25. The Kier molecular flexibility index (Phi) is 7.74. The zero-order valence-electron chi connectivity index (χ0n) is 10.8. The monoisotopic (exact) mass is 281 g/mol. The minimum atomic E-state index is -0.878. The number of aldehydes is 1. The lowest BCUT2D eigenvalue weighted by atomic mass is 10.1. The Hall–Kier alpha value is -1.49. The van der Waals surface area contributed by atoms with Crippen LogP contribution in [-0.2, 0) is 11.2 Å². The van der Waals surface area contributed by atoms with Crippen LogP contribution in [0.3, 0.4) is 0 Å². The predicted octanol–water partition coefficient (Wildman–Crippen LogP) is 2.53. The summed E-state index contributed by atoms with van der Waals surface area (Å²) in [6.45, 7) is 1.03. The molecule has 0 heterocycles. The Morgan fingerprint density at radius 3 is 2.63 bits per heavy atom. The van der Waals surface area contributed by atoms with Gasteiger partial charge in [-0.15, -0.1) is 0 Å². The summed E-state index contributed by atoms with van der Waals surface area (Å²) < 4.78 is 0. The van der Waals surface area contributed by atoms with Gasteiger partial charge >= 0.3 is 6.09 Å². The van der Waals surface area contributed by atoms with E-state index < -0.39 is 6.09 Å². The molecule has 0 atom stereocenters. The van der Waals surface area contributed by atoms with Gasteiger partial charge in [0.1, 0.15) is 6.29 Å². The first kappa shape index (κ1) is 15.6. The molecule has 0 spiro atoms. The zero-order chi connectivity index (χ0) is 13.9. The van der Waals surface area contributed by atoms with Gasteiger partial charge in [-0.05, 0) is 24.2 Å². The molecule has 0 aliphatic carbocycles. The van der Waals surface area contributed by atoms with E-state index in [1.807, 2.05) is 30.3 Å². The van der Waals surface area contributed by atoms with E-state index in [0.29, 0.717) is 18.8 Å². The molecule has 4 nitrogen and oxygen atoms in total. The van der Waals surface area contributed by atoms with Crippen LogP contribution in [0, 0.1) is 0 Å². The van der Waals surface area contributed by atoms with Gasteiger partial charge in [0, 0.05) is 18.8 Å². The molecule has 0 aromatic heterocycles. The maximum Gasteiger partial charge on any atom is 0.407 e. The maximum atomic E-state index is 11.1. The summed E-state index contributed by atoms with van der Waals surface area (Å²) in [4.78, 5) is 22.7. The third kappa shape index (κ3) is 6.86. The average Bonchev–Trinajstić information content (AvgIpc) is 2.42. The Balaban J connectivity index is 2.28. The average molecular weight is 281 g/mol. The first-order chi connectivity index (χ1) is 9.24. The van der Waals surface area contributed by atoms with Gasteiger partial charge in [0.2, 0.25) is 0 Å². The van der Waals surface area contributed by atoms with Crippen molar-refractivity contribution in [3.05, 3.63) is 35.9 Å². The second kappa shape index (κ2) is 9.44. The summed E-state index contributed by atoms with van der Waals surface area (Å²) in [5.41, 5.74) is 1.14. The molecule has 1 N–H and O–H groups in total. The minimum absolute atomic E-state index is 0.483. The lowest BCUT2D eigenvalue weighted by molar-refractivity contribution is -0.105. The number of hydrogen-bond acceptors (Lipinski definition) is 3. The van der Waals surface area contributed by atoms with Crippen LogP contribution in [0.2, 0.25) is 0 Å². The van der Waals surface area contributed by atoms with E-state index >= 15 is 0 Å². The van der Waals surface area contributed by atoms with Crippen LogP contribution in [0.15, 0.2) is 30.3 Å². The number of carboxylic acid groups (broad SMARTS) is 1. The quantitative estimate of drug-likeness (QED) is 0.558. The van der Waals surface area contributed by atoms with Crippen LogP contribution in [0.4, 0.5) is 4.79 Å². The fourth-order valence-electron chi connectivity index (χ4n) is 1.70. The Labute approximate surface area is 117 Å². The van der Waals surface area contributed by atoms with E-state index in [9.17, 15) is 9.59 Å². The molecular weight excluding hydrogens is 262 g/mol. The van der Waals surface area contributed by atoms with Crippen molar-refractivity contribution in [2.24, 2.45) is 0 Å². The molecule has 1 aromatic rings. The largest absolute Gasteiger partial charge is 0.465 e. The maximum absolute atomic E-state index is 11.1. The summed E-state index contributed by atoms with van der Waals surface area (Å²) >= 11 is 1.53. The van der Waals surface area contributed by atoms with Crippen LogP contribution in [-0.4, -0.2) is 47.0 Å². The fraction of sp³-hybridized carbons (Fsp3) is 0.429. The van der Waals surface area contributed by atoms with E-state index in [2.05, 4.69) is 0 Å². The standard InChI is InChI=1S/C14H19NO3S/c16-10-12-19-11-4-8-15(14(17)18)9-7-13-5-2-1-3-6-13/h1-3,5-6,10H,4,7-9,11-12H2,(H,17,18). The molecule has 0 unspecified atom stereocenters. The number of carbonyl (C=O) groups is 2. The molecule has 0 radical (unpaired) electrons. The number of amides is 1. The number of benzene rings is 1. The molecular formula is C14H19NO3S. The summed E-state index contributed by atoms with van der Waals surface area (Å²) in [5, 5.41) is 9.12. The van der Waals surface area contributed by atoms with Crippen LogP contribution in [0.5, 0.6) is 0 Å². The smallest absolute Gasteiger partial charge is 0.407 e. The number of thioether (sulfide) groups is 1. The van der Waals surface area contributed by atoms with Crippen molar-refractivity contribution in [2.45, 2.75) is 12.8 Å². The molecule has 1 rings (SSSR count). The van der Waals surface area contributed by atoms with Crippen molar-refractivity contribution < 1.29 is 14.7 Å². The Morgan fingerprint density at radius 1 is 1.26 bits per heavy atom. The highest BCUT2D eigenvalue weighted by Crippen LogP contribution is 2.05. The van der Waals surface area contributed by atoms with Crippen LogP contribution >= 0.6 is 11.8 Å². The highest BCUT2D eigenvalue weighted by Gasteiger charge is 2.10. The van der Waals surface area contributed by atoms with Crippen molar-refractivity contribution in [1.29, 1.82) is 0 Å². The Bertz CT molecular complexity index is 384. The minimum Gasteiger partial charge on any atom is -0.465 e. The van der Waals surface area contributed by atoms with Crippen molar-refractivity contribution >= 4 is 24.1 Å². The van der Waals surface area contributed by atoms with Crippen molar-refractivity contribution in [1.82, 2.24) is 4.90 Å². The number of rotatable bonds is 9. The SMILES string of the molecule is O=CCSCCCN(CCc1ccccc1)C(=O)O. The summed E-state index contributed by atoms with van der Waals surface area (Å²) in [6.07, 6.45) is 1.50. The lowest BCUT2D eigenvalue weighted by Gasteiger charge is -2.18. The number of carbonyl (C=O) groups excluding carboxylic acids is 1. The first-order valence-corrected chi connectivity index (χ1v) is 7.42. The van der Waals surface area contributed by atoms with E-state index in [-0.39, 0.29) is 0 Å². The molecule has 104 valence electrons. The van der Waals surface area contributed by atoms with Crippen LogP contribution in [0.1, 0.15) is 12.0 Å². The molecule has 1 aromatic carbocycles. The molecule has 1 amide bonds. The molecule has 0 saturated heterocycles. The van der Waals surface area contributed by atoms with Crippen molar-refractivity contribution in [3.63, 3.8) is 0 Å². The van der Waals surface area contributed by atoms with Crippen LogP contribution in [0.25, 0.3) is 0 Å². The lowest BCUT2D eigenvalue weighted by Crippen LogP contribution is -2.32. The van der Waals surface area contributed by atoms with Crippen molar-refractivity contribution in [2.75, 3.05) is 24.6 Å². The Morgan fingerprint density at radius 2 is 2.00 bits per heavy atom. The number of nitrogens with zero attached hydrogens (tertiary/aromatic N) is 1. The number of hydrogen-bond donors (Lipinski definition) is 1. The summed E-state index contributed by atoms with van der Waals surface area (Å²) in [6, 6.07) is 9.86. The summed E-state index contributed by atoms with van der Waals surface area (Å²) in [5.74, 6) is 1.30. The van der Waals surface area contributed by atoms with Gasteiger partial charge < -0.3 is 14.8 Å². The first-order valence-electron chi connectivity index (χ1n) is 6.27. The van der Waals surface area contributed by atoms with Crippen LogP contribution < -0.4 is 0 Å². The topological polar surface area (TPSA) is 57.6 Å². The van der Waals surface area contributed by atoms with Gasteiger partial charge in [-0.3, -0.25) is 0 Å². The highest BCUT2D eigenvalue weighted by molar-refractivity contribution is 7.99. The van der Waals surface area contributed by atoms with Crippen molar-refractivity contribution in [3.8, 4) is 0 Å². The van der Waals surface area contributed by atoms with E-state index in [4.69, 9.17) is 5.11 Å². The van der Waals surface area contributed by atoms with E-state index in [0.717, 1.165) is 30.4 Å². The fourth-order valence-corrected chi connectivity index (χ4v) is 2.30. The van der Waals surface area contributed by atoms with Gasteiger partial charge in [-0.2, -0.15) is 11.8 Å². The third-order valence-corrected chi connectivity index (χ3v) is 3.64. The second-order valence-electron chi connectivity index (χ2n) is 4.10. The van der Waals surface area contributed by atoms with Gasteiger partial charge in [-0.1, -0.05) is 30.3 Å². The van der Waals surface area contributed by atoms with Gasteiger partial charge in [0.05, 0.1) is 0 Å². The third-order valence-electron chi connectivity index (χ3n) is 2.69. The van der Waals surface area contributed by atoms with Gasteiger partial charge in [0.15, 0.2) is 0 Å². The normalized spacial score (nSPS) is 10.1. The van der Waals surface area contributed by atoms with E-state index in [1.54, 1.807) is 0 Å². The zero-order valence-corrected chi connectivity index (χ0v) is 11.6.